The SMILES string of the molecule is CCNC(=O)c1noc(-c2cn[nH]c2C#N)n1. The van der Waals surface area contributed by atoms with Crippen molar-refractivity contribution in [1.29, 1.82) is 5.26 Å². The lowest BCUT2D eigenvalue weighted by Crippen LogP contribution is -2.23. The molecule has 0 aliphatic carbocycles. The van der Waals surface area contributed by atoms with Crippen LogP contribution in [0.4, 0.5) is 0 Å². The molecule has 2 N–H and O–H groups in total. The normalized spacial score (nSPS) is 9.88. The molecule has 2 aromatic rings. The van der Waals surface area contributed by atoms with Crippen molar-refractivity contribution >= 4 is 5.91 Å². The Morgan fingerprint density at radius 3 is 3.24 bits per heavy atom. The van der Waals surface area contributed by atoms with Crippen LogP contribution in [0.3, 0.4) is 0 Å². The van der Waals surface area contributed by atoms with Gasteiger partial charge in [-0.1, -0.05) is 5.16 Å². The molecular weight excluding hydrogens is 224 g/mol. The van der Waals surface area contributed by atoms with E-state index >= 15 is 0 Å². The quantitative estimate of drug-likeness (QED) is 0.773. The summed E-state index contributed by atoms with van der Waals surface area (Å²) in [5.41, 5.74) is 0.576. The van der Waals surface area contributed by atoms with E-state index in [4.69, 9.17) is 9.78 Å². The highest BCUT2D eigenvalue weighted by atomic mass is 16.5. The van der Waals surface area contributed by atoms with Crippen molar-refractivity contribution in [3.63, 3.8) is 0 Å². The summed E-state index contributed by atoms with van der Waals surface area (Å²) in [5, 5.41) is 21.0. The zero-order valence-electron chi connectivity index (χ0n) is 8.89. The fourth-order valence-corrected chi connectivity index (χ4v) is 1.20. The number of rotatable bonds is 3. The van der Waals surface area contributed by atoms with Gasteiger partial charge in [-0.2, -0.15) is 15.3 Å². The second kappa shape index (κ2) is 4.44. The molecule has 8 heteroatoms. The molecule has 17 heavy (non-hydrogen) atoms. The molecule has 1 amide bonds. The third kappa shape index (κ3) is 1.98. The first-order valence-electron chi connectivity index (χ1n) is 4.82. The van der Waals surface area contributed by atoms with Crippen molar-refractivity contribution in [3.8, 4) is 17.5 Å². The second-order valence-electron chi connectivity index (χ2n) is 3.05. The first kappa shape index (κ1) is 10.8. The van der Waals surface area contributed by atoms with Crippen LogP contribution in [-0.4, -0.2) is 32.8 Å². The van der Waals surface area contributed by atoms with Gasteiger partial charge in [0.25, 0.3) is 17.6 Å². The van der Waals surface area contributed by atoms with Crippen molar-refractivity contribution in [2.75, 3.05) is 6.54 Å². The van der Waals surface area contributed by atoms with Crippen LogP contribution in [0.2, 0.25) is 0 Å². The van der Waals surface area contributed by atoms with E-state index in [1.54, 1.807) is 6.92 Å². The molecule has 2 heterocycles. The highest BCUT2D eigenvalue weighted by Gasteiger charge is 2.18. The second-order valence-corrected chi connectivity index (χ2v) is 3.05. The van der Waals surface area contributed by atoms with E-state index in [1.165, 1.54) is 6.20 Å². The van der Waals surface area contributed by atoms with E-state index in [2.05, 4.69) is 25.7 Å². The van der Waals surface area contributed by atoms with Crippen LogP contribution in [0.1, 0.15) is 23.2 Å². The zero-order chi connectivity index (χ0) is 12.3. The van der Waals surface area contributed by atoms with Gasteiger partial charge in [0.1, 0.15) is 11.8 Å². The van der Waals surface area contributed by atoms with Gasteiger partial charge in [0.2, 0.25) is 0 Å². The summed E-state index contributed by atoms with van der Waals surface area (Å²) >= 11 is 0. The molecule has 0 saturated carbocycles. The topological polar surface area (TPSA) is 120 Å². The number of nitrogens with one attached hydrogen (secondary N) is 2. The number of hydrogen-bond donors (Lipinski definition) is 2. The highest BCUT2D eigenvalue weighted by molar-refractivity contribution is 5.90. The molecule has 0 spiro atoms. The largest absolute Gasteiger partial charge is 0.349 e. The minimum atomic E-state index is -0.426. The summed E-state index contributed by atoms with van der Waals surface area (Å²) in [6.07, 6.45) is 1.38. The van der Waals surface area contributed by atoms with E-state index in [-0.39, 0.29) is 17.4 Å². The lowest BCUT2D eigenvalue weighted by atomic mass is 10.2. The lowest BCUT2D eigenvalue weighted by Gasteiger charge is -1.93. The van der Waals surface area contributed by atoms with Crippen molar-refractivity contribution in [1.82, 2.24) is 25.7 Å². The van der Waals surface area contributed by atoms with Crippen LogP contribution in [-0.2, 0) is 0 Å². The molecule has 0 aliphatic rings. The van der Waals surface area contributed by atoms with E-state index in [9.17, 15) is 4.79 Å². The number of carbonyl (C=O) groups is 1. The molecule has 0 fully saturated rings. The van der Waals surface area contributed by atoms with Gasteiger partial charge < -0.3 is 9.84 Å². The molecular formula is C9H8N6O2. The van der Waals surface area contributed by atoms with Gasteiger partial charge in [-0.05, 0) is 6.92 Å². The van der Waals surface area contributed by atoms with Crippen LogP contribution in [0, 0.1) is 11.3 Å². The van der Waals surface area contributed by atoms with Crippen LogP contribution in [0.15, 0.2) is 10.7 Å². The molecule has 0 saturated heterocycles. The fraction of sp³-hybridized carbons (Fsp3) is 0.222. The lowest BCUT2D eigenvalue weighted by molar-refractivity contribution is 0.0942. The van der Waals surface area contributed by atoms with Crippen LogP contribution >= 0.6 is 0 Å². The van der Waals surface area contributed by atoms with Crippen molar-refractivity contribution < 1.29 is 9.32 Å². The number of H-pyrrole nitrogens is 1. The van der Waals surface area contributed by atoms with Crippen molar-refractivity contribution in [2.24, 2.45) is 0 Å². The van der Waals surface area contributed by atoms with Crippen molar-refractivity contribution in [3.05, 3.63) is 17.7 Å². The molecule has 2 aromatic heterocycles. The molecule has 0 atom stereocenters. The number of carbonyl (C=O) groups excluding carboxylic acids is 1. The molecule has 0 unspecified atom stereocenters. The van der Waals surface area contributed by atoms with Gasteiger partial charge in [0.05, 0.1) is 11.8 Å². The third-order valence-corrected chi connectivity index (χ3v) is 1.95. The first-order valence-corrected chi connectivity index (χ1v) is 4.82. The number of hydrogen-bond acceptors (Lipinski definition) is 6. The third-order valence-electron chi connectivity index (χ3n) is 1.95. The average molecular weight is 232 g/mol. The minimum absolute atomic E-state index is 0.0769. The number of aromatic nitrogens is 4. The minimum Gasteiger partial charge on any atom is -0.349 e. The summed E-state index contributed by atoms with van der Waals surface area (Å²) < 4.78 is 4.89. The monoisotopic (exact) mass is 232 g/mol. The summed E-state index contributed by atoms with van der Waals surface area (Å²) in [6, 6.07) is 1.89. The maximum absolute atomic E-state index is 11.4. The maximum Gasteiger partial charge on any atom is 0.292 e. The van der Waals surface area contributed by atoms with Gasteiger partial charge in [-0.25, -0.2) is 0 Å². The predicted molar refractivity (Wildman–Crippen MR) is 54.6 cm³/mol. The Bertz CT molecular complexity index is 578. The van der Waals surface area contributed by atoms with Gasteiger partial charge >= 0.3 is 0 Å². The smallest absolute Gasteiger partial charge is 0.292 e. The van der Waals surface area contributed by atoms with Gasteiger partial charge in [0.15, 0.2) is 0 Å². The average Bonchev–Trinajstić information content (AvgIpc) is 2.97. The maximum atomic E-state index is 11.4. The number of amides is 1. The Morgan fingerprint density at radius 2 is 2.53 bits per heavy atom. The van der Waals surface area contributed by atoms with Gasteiger partial charge in [-0.3, -0.25) is 9.89 Å². The summed E-state index contributed by atoms with van der Waals surface area (Å²) in [5.74, 6) is -0.423. The molecule has 0 aliphatic heterocycles. The molecule has 2 rings (SSSR count). The van der Waals surface area contributed by atoms with E-state index in [0.29, 0.717) is 12.1 Å². The molecule has 0 radical (unpaired) electrons. The highest BCUT2D eigenvalue weighted by Crippen LogP contribution is 2.18. The summed E-state index contributed by atoms with van der Waals surface area (Å²) in [4.78, 5) is 15.3. The predicted octanol–water partition coefficient (Wildman–Crippen LogP) is 0.0811. The summed E-state index contributed by atoms with van der Waals surface area (Å²) in [7, 11) is 0. The fourth-order valence-electron chi connectivity index (χ4n) is 1.20. The molecule has 0 aromatic carbocycles. The Morgan fingerprint density at radius 1 is 1.71 bits per heavy atom. The van der Waals surface area contributed by atoms with E-state index in [0.717, 1.165) is 0 Å². The number of aromatic amines is 1. The van der Waals surface area contributed by atoms with Crippen molar-refractivity contribution in [2.45, 2.75) is 6.92 Å². The Labute approximate surface area is 95.6 Å². The molecule has 86 valence electrons. The van der Waals surface area contributed by atoms with Gasteiger partial charge in [-0.15, -0.1) is 0 Å². The zero-order valence-corrected chi connectivity index (χ0v) is 8.89. The molecule has 8 nitrogen and oxygen atoms in total. The Balaban J connectivity index is 2.31. The van der Waals surface area contributed by atoms with Gasteiger partial charge in [0, 0.05) is 6.54 Å². The Kier molecular flexibility index (Phi) is 2.83. The molecule has 0 bridgehead atoms. The van der Waals surface area contributed by atoms with E-state index < -0.39 is 5.91 Å². The Hall–Kier alpha value is -2.69. The summed E-state index contributed by atoms with van der Waals surface area (Å²) in [6.45, 7) is 2.25. The first-order chi connectivity index (χ1) is 8.26. The van der Waals surface area contributed by atoms with E-state index in [1.807, 2.05) is 6.07 Å². The van der Waals surface area contributed by atoms with Crippen LogP contribution < -0.4 is 5.32 Å². The number of nitrogens with zero attached hydrogens (tertiary/aromatic N) is 4. The van der Waals surface area contributed by atoms with Crippen LogP contribution in [0.5, 0.6) is 0 Å². The van der Waals surface area contributed by atoms with Crippen LogP contribution in [0.25, 0.3) is 11.5 Å². The standard InChI is InChI=1S/C9H8N6O2/c1-2-11-8(16)7-13-9(17-15-7)5-4-12-14-6(5)3-10/h4H,2H2,1H3,(H,11,16)(H,12,14). The number of nitriles is 1.